The number of benzene rings is 1. The summed E-state index contributed by atoms with van der Waals surface area (Å²) in [6.45, 7) is 4.45. The van der Waals surface area contributed by atoms with Gasteiger partial charge >= 0.3 is 0 Å². The second-order valence-electron chi connectivity index (χ2n) is 4.71. The van der Waals surface area contributed by atoms with Crippen molar-refractivity contribution in [2.24, 2.45) is 0 Å². The van der Waals surface area contributed by atoms with Gasteiger partial charge in [-0.05, 0) is 31.3 Å². The fourth-order valence-electron chi connectivity index (χ4n) is 2.27. The summed E-state index contributed by atoms with van der Waals surface area (Å²) in [5.41, 5.74) is 2.36. The third-order valence-electron chi connectivity index (χ3n) is 3.46. The van der Waals surface area contributed by atoms with Crippen LogP contribution in [0.1, 0.15) is 0 Å². The highest BCUT2D eigenvalue weighted by atomic mass is 16.5. The molecule has 1 aliphatic heterocycles. The maximum absolute atomic E-state index is 5.15. The molecule has 2 heterocycles. The van der Waals surface area contributed by atoms with E-state index in [0.29, 0.717) is 0 Å². The van der Waals surface area contributed by atoms with Crippen LogP contribution in [0.15, 0.2) is 41.1 Å². The molecule has 0 aliphatic carbocycles. The molecule has 2 aromatic rings. The molecular weight excluding hydrogens is 226 g/mol. The summed E-state index contributed by atoms with van der Waals surface area (Å²) in [5, 5.41) is 3.73. The molecule has 1 saturated heterocycles. The molecule has 0 spiro atoms. The Labute approximate surface area is 107 Å². The summed E-state index contributed by atoms with van der Waals surface area (Å²) in [4.78, 5) is 4.78. The molecule has 1 fully saturated rings. The smallest absolute Gasteiger partial charge is 0.166 e. The van der Waals surface area contributed by atoms with Gasteiger partial charge in [-0.1, -0.05) is 5.16 Å². The van der Waals surface area contributed by atoms with Crippen LogP contribution >= 0.6 is 0 Å². The van der Waals surface area contributed by atoms with Crippen molar-refractivity contribution in [1.82, 2.24) is 10.1 Å². The van der Waals surface area contributed by atoms with Crippen molar-refractivity contribution >= 4 is 5.69 Å². The molecule has 3 rings (SSSR count). The SMILES string of the molecule is CN1CCN(c2ccc(-c3ccno3)cc2)CC1. The van der Waals surface area contributed by atoms with Crippen molar-refractivity contribution < 1.29 is 4.52 Å². The summed E-state index contributed by atoms with van der Waals surface area (Å²) in [7, 11) is 2.17. The Bertz CT molecular complexity index is 484. The minimum atomic E-state index is 0.819. The Morgan fingerprint density at radius 1 is 1.00 bits per heavy atom. The van der Waals surface area contributed by atoms with E-state index in [1.165, 1.54) is 5.69 Å². The van der Waals surface area contributed by atoms with Crippen LogP contribution in [0, 0.1) is 0 Å². The van der Waals surface area contributed by atoms with E-state index >= 15 is 0 Å². The molecular formula is C14H17N3O. The Hall–Kier alpha value is -1.81. The normalized spacial score (nSPS) is 17.1. The maximum atomic E-state index is 5.15. The molecule has 0 unspecified atom stereocenters. The third-order valence-corrected chi connectivity index (χ3v) is 3.46. The molecule has 94 valence electrons. The first kappa shape index (κ1) is 11.3. The van der Waals surface area contributed by atoms with Gasteiger partial charge in [-0.2, -0.15) is 0 Å². The van der Waals surface area contributed by atoms with Gasteiger partial charge in [0.05, 0.1) is 6.20 Å². The predicted octanol–water partition coefficient (Wildman–Crippen LogP) is 2.09. The first-order chi connectivity index (χ1) is 8.83. The van der Waals surface area contributed by atoms with Gasteiger partial charge in [-0.15, -0.1) is 0 Å². The van der Waals surface area contributed by atoms with E-state index < -0.39 is 0 Å². The number of nitrogens with zero attached hydrogens (tertiary/aromatic N) is 3. The van der Waals surface area contributed by atoms with E-state index in [1.807, 2.05) is 6.07 Å². The van der Waals surface area contributed by atoms with Crippen molar-refractivity contribution in [3.05, 3.63) is 36.5 Å². The molecule has 1 aromatic heterocycles. The monoisotopic (exact) mass is 243 g/mol. The highest BCUT2D eigenvalue weighted by Crippen LogP contribution is 2.23. The van der Waals surface area contributed by atoms with Crippen LogP contribution in [0.4, 0.5) is 5.69 Å². The van der Waals surface area contributed by atoms with E-state index in [1.54, 1.807) is 6.20 Å². The number of hydrogen-bond acceptors (Lipinski definition) is 4. The second-order valence-corrected chi connectivity index (χ2v) is 4.71. The van der Waals surface area contributed by atoms with Crippen LogP contribution < -0.4 is 4.90 Å². The van der Waals surface area contributed by atoms with Crippen molar-refractivity contribution in [2.45, 2.75) is 0 Å². The zero-order valence-electron chi connectivity index (χ0n) is 10.5. The number of likely N-dealkylation sites (N-methyl/N-ethyl adjacent to an activating group) is 1. The van der Waals surface area contributed by atoms with Crippen molar-refractivity contribution in [2.75, 3.05) is 38.1 Å². The second kappa shape index (κ2) is 4.82. The van der Waals surface area contributed by atoms with E-state index in [4.69, 9.17) is 4.52 Å². The zero-order valence-corrected chi connectivity index (χ0v) is 10.5. The summed E-state index contributed by atoms with van der Waals surface area (Å²) in [6.07, 6.45) is 1.67. The summed E-state index contributed by atoms with van der Waals surface area (Å²) >= 11 is 0. The Morgan fingerprint density at radius 2 is 1.72 bits per heavy atom. The molecule has 0 bridgehead atoms. The Morgan fingerprint density at radius 3 is 2.33 bits per heavy atom. The number of aromatic nitrogens is 1. The van der Waals surface area contributed by atoms with Gasteiger partial charge in [-0.25, -0.2) is 0 Å². The van der Waals surface area contributed by atoms with Crippen LogP contribution in [-0.4, -0.2) is 43.3 Å². The fraction of sp³-hybridized carbons (Fsp3) is 0.357. The van der Waals surface area contributed by atoms with E-state index in [-0.39, 0.29) is 0 Å². The van der Waals surface area contributed by atoms with Gasteiger partial charge in [0.25, 0.3) is 0 Å². The lowest BCUT2D eigenvalue weighted by Gasteiger charge is -2.34. The molecule has 1 aromatic carbocycles. The van der Waals surface area contributed by atoms with Crippen molar-refractivity contribution in [1.29, 1.82) is 0 Å². The van der Waals surface area contributed by atoms with Crippen LogP contribution in [0.25, 0.3) is 11.3 Å². The standard InChI is InChI=1S/C14H17N3O/c1-16-8-10-17(11-9-16)13-4-2-12(3-5-13)14-6-7-15-18-14/h2-7H,8-11H2,1H3. The molecule has 0 saturated carbocycles. The number of rotatable bonds is 2. The third kappa shape index (κ3) is 2.24. The quantitative estimate of drug-likeness (QED) is 0.808. The summed E-state index contributed by atoms with van der Waals surface area (Å²) in [5.74, 6) is 0.819. The van der Waals surface area contributed by atoms with E-state index in [9.17, 15) is 0 Å². The minimum Gasteiger partial charge on any atom is -0.369 e. The number of hydrogen-bond donors (Lipinski definition) is 0. The topological polar surface area (TPSA) is 32.5 Å². The van der Waals surface area contributed by atoms with Crippen LogP contribution in [0.3, 0.4) is 0 Å². The average Bonchev–Trinajstić information content (AvgIpc) is 2.94. The van der Waals surface area contributed by atoms with E-state index in [2.05, 4.69) is 46.3 Å². The largest absolute Gasteiger partial charge is 0.369 e. The zero-order chi connectivity index (χ0) is 12.4. The average molecular weight is 243 g/mol. The van der Waals surface area contributed by atoms with Gasteiger partial charge in [0.2, 0.25) is 0 Å². The van der Waals surface area contributed by atoms with Gasteiger partial charge in [0.1, 0.15) is 0 Å². The molecule has 0 N–H and O–H groups in total. The molecule has 0 atom stereocenters. The lowest BCUT2D eigenvalue weighted by molar-refractivity contribution is 0.313. The molecule has 4 heteroatoms. The molecule has 1 aliphatic rings. The Balaban J connectivity index is 1.75. The molecule has 0 radical (unpaired) electrons. The summed E-state index contributed by atoms with van der Waals surface area (Å²) in [6, 6.07) is 10.4. The maximum Gasteiger partial charge on any atom is 0.166 e. The van der Waals surface area contributed by atoms with Crippen LogP contribution in [0.2, 0.25) is 0 Å². The van der Waals surface area contributed by atoms with Crippen molar-refractivity contribution in [3.8, 4) is 11.3 Å². The number of anilines is 1. The summed E-state index contributed by atoms with van der Waals surface area (Å²) < 4.78 is 5.15. The fourth-order valence-corrected chi connectivity index (χ4v) is 2.27. The van der Waals surface area contributed by atoms with Gasteiger partial charge in [0, 0.05) is 43.5 Å². The lowest BCUT2D eigenvalue weighted by atomic mass is 10.1. The van der Waals surface area contributed by atoms with Crippen LogP contribution in [0.5, 0.6) is 0 Å². The van der Waals surface area contributed by atoms with Gasteiger partial charge in [-0.3, -0.25) is 0 Å². The minimum absolute atomic E-state index is 0.819. The molecule has 18 heavy (non-hydrogen) atoms. The first-order valence-electron chi connectivity index (χ1n) is 6.27. The van der Waals surface area contributed by atoms with Crippen LogP contribution in [-0.2, 0) is 0 Å². The molecule has 0 amide bonds. The van der Waals surface area contributed by atoms with E-state index in [0.717, 1.165) is 37.5 Å². The lowest BCUT2D eigenvalue weighted by Crippen LogP contribution is -2.44. The Kier molecular flexibility index (Phi) is 3.02. The van der Waals surface area contributed by atoms with Crippen molar-refractivity contribution in [3.63, 3.8) is 0 Å². The predicted molar refractivity (Wildman–Crippen MR) is 71.6 cm³/mol. The molecule has 4 nitrogen and oxygen atoms in total. The van der Waals surface area contributed by atoms with Gasteiger partial charge in [0.15, 0.2) is 5.76 Å². The number of piperazine rings is 1. The highest BCUT2D eigenvalue weighted by Gasteiger charge is 2.14. The first-order valence-corrected chi connectivity index (χ1v) is 6.27. The highest BCUT2D eigenvalue weighted by molar-refractivity contribution is 5.61. The van der Waals surface area contributed by atoms with Gasteiger partial charge < -0.3 is 14.3 Å².